The van der Waals surface area contributed by atoms with Crippen molar-refractivity contribution in [2.24, 2.45) is 10.8 Å². The van der Waals surface area contributed by atoms with Crippen LogP contribution >= 0.6 is 0 Å². The first kappa shape index (κ1) is 71.7. The Morgan fingerprint density at radius 1 is 0.636 bits per heavy atom. The molecule has 1 heterocycles. The maximum atomic E-state index is 15.6. The molecule has 4 amide bonds. The standard InChI is InChI=1S/C67H96N8O13/c1-65(2,3)57(69-46-86-40-39-85-38-37-84-36-35-82-10)60(77)70-53(41-47-23-15-12-16-24-47)56(45-75(74-61(78)58(66(4,5)6)73-63(80)83-11)44-50-30-32-51(33-31-50)52-29-21-22-34-68-52)87-62(79)55(43-49-27-19-14-20-28-49)71-59(76)54(42-48-25-17-13-18-26-48)72-64(81)88-67(7,8)9/h12-17,19-25,27-34,53-59,69,71,76H,18,26,35-46H2,1-11H3,(H,70,77)(H,72,81)(H,73,80)(H,74,78). The number of pyridine rings is 1. The highest BCUT2D eigenvalue weighted by Crippen LogP contribution is 2.25. The molecule has 1 aliphatic rings. The number of carbonyl (C=O) groups is 5. The lowest BCUT2D eigenvalue weighted by Gasteiger charge is -2.38. The van der Waals surface area contributed by atoms with Crippen molar-refractivity contribution in [1.82, 2.24) is 42.0 Å². The Morgan fingerprint density at radius 3 is 1.82 bits per heavy atom. The van der Waals surface area contributed by atoms with Crippen LogP contribution < -0.4 is 32.0 Å². The molecule has 0 saturated heterocycles. The zero-order chi connectivity index (χ0) is 64.1. The maximum absolute atomic E-state index is 15.6. The Balaban J connectivity index is 1.61. The van der Waals surface area contributed by atoms with Gasteiger partial charge in [-0.15, -0.1) is 0 Å². The summed E-state index contributed by atoms with van der Waals surface area (Å²) in [7, 11) is 2.82. The average molecular weight is 1220 g/mol. The number of carbonyl (C=O) groups excluding carboxylic acids is 5. The van der Waals surface area contributed by atoms with Gasteiger partial charge in [0.2, 0.25) is 5.91 Å². The summed E-state index contributed by atoms with van der Waals surface area (Å²) >= 11 is 0. The number of aliphatic hydroxyl groups is 1. The fourth-order valence-electron chi connectivity index (χ4n) is 9.64. The fraction of sp³-hybridized carbons (Fsp3) is 0.522. The third kappa shape index (κ3) is 26.3. The van der Waals surface area contributed by atoms with Crippen molar-refractivity contribution in [3.8, 4) is 11.3 Å². The van der Waals surface area contributed by atoms with E-state index in [9.17, 15) is 19.5 Å². The minimum absolute atomic E-state index is 0.00870. The van der Waals surface area contributed by atoms with Crippen molar-refractivity contribution in [3.63, 3.8) is 0 Å². The molecule has 1 aliphatic carbocycles. The molecule has 3 aromatic carbocycles. The molecular weight excluding hydrogens is 1120 g/mol. The topological polar surface area (TPSA) is 258 Å². The number of alkyl carbamates (subject to hydrolysis) is 2. The number of rotatable bonds is 35. The number of hydrazine groups is 1. The van der Waals surface area contributed by atoms with Gasteiger partial charge in [0.15, 0.2) is 0 Å². The van der Waals surface area contributed by atoms with Crippen LogP contribution in [-0.2, 0) is 66.9 Å². The molecule has 7 atom stereocenters. The molecule has 88 heavy (non-hydrogen) atoms. The quantitative estimate of drug-likeness (QED) is 0.00764. The van der Waals surface area contributed by atoms with E-state index < -0.39 is 88.9 Å². The highest BCUT2D eigenvalue weighted by atomic mass is 16.6. The summed E-state index contributed by atoms with van der Waals surface area (Å²) in [6, 6.07) is 26.6. The number of amides is 4. The monoisotopic (exact) mass is 1220 g/mol. The van der Waals surface area contributed by atoms with Crippen molar-refractivity contribution in [3.05, 3.63) is 150 Å². The number of allylic oxidation sites excluding steroid dienone is 3. The zero-order valence-electron chi connectivity index (χ0n) is 53.3. The first-order valence-electron chi connectivity index (χ1n) is 30.1. The maximum Gasteiger partial charge on any atom is 0.408 e. The van der Waals surface area contributed by atoms with E-state index in [-0.39, 0.29) is 52.3 Å². The Labute approximate surface area is 520 Å². The number of esters is 1. The highest BCUT2D eigenvalue weighted by molar-refractivity contribution is 5.86. The predicted octanol–water partition coefficient (Wildman–Crippen LogP) is 7.73. The second-order valence-electron chi connectivity index (χ2n) is 24.9. The largest absolute Gasteiger partial charge is 0.458 e. The molecule has 5 rings (SSSR count). The molecule has 0 bridgehead atoms. The van der Waals surface area contributed by atoms with Crippen LogP contribution in [0.2, 0.25) is 0 Å². The second kappa shape index (κ2) is 36.4. The summed E-state index contributed by atoms with van der Waals surface area (Å²) in [5.41, 5.74) is 5.49. The zero-order valence-corrected chi connectivity index (χ0v) is 53.3. The molecular formula is C67H96N8O13. The van der Waals surface area contributed by atoms with Gasteiger partial charge in [-0.25, -0.2) is 14.6 Å². The van der Waals surface area contributed by atoms with E-state index in [4.69, 9.17) is 33.2 Å². The van der Waals surface area contributed by atoms with Crippen LogP contribution in [0.3, 0.4) is 0 Å². The van der Waals surface area contributed by atoms with Crippen LogP contribution in [0.4, 0.5) is 9.59 Å². The molecule has 0 aliphatic heterocycles. The van der Waals surface area contributed by atoms with Crippen molar-refractivity contribution >= 4 is 30.0 Å². The number of nitrogens with zero attached hydrogens (tertiary/aromatic N) is 2. The summed E-state index contributed by atoms with van der Waals surface area (Å²) in [6.07, 6.45) is 5.07. The molecule has 482 valence electrons. The van der Waals surface area contributed by atoms with Crippen molar-refractivity contribution < 1.29 is 62.2 Å². The van der Waals surface area contributed by atoms with Crippen LogP contribution in [-0.4, -0.2) is 160 Å². The Hall–Kier alpha value is -7.08. The normalized spacial score (nSPS) is 15.1. The van der Waals surface area contributed by atoms with Gasteiger partial charge in [-0.1, -0.05) is 156 Å². The molecule has 21 nitrogen and oxygen atoms in total. The van der Waals surface area contributed by atoms with Crippen LogP contribution in [0, 0.1) is 10.8 Å². The van der Waals surface area contributed by atoms with E-state index in [0.717, 1.165) is 39.9 Å². The summed E-state index contributed by atoms with van der Waals surface area (Å²) < 4.78 is 39.6. The summed E-state index contributed by atoms with van der Waals surface area (Å²) in [4.78, 5) is 76.6. The summed E-state index contributed by atoms with van der Waals surface area (Å²) in [6.45, 7) is 18.4. The molecule has 0 radical (unpaired) electrons. The Morgan fingerprint density at radius 2 is 1.25 bits per heavy atom. The molecule has 21 heteroatoms. The number of hydrogen-bond acceptors (Lipinski definition) is 17. The number of aromatic nitrogens is 1. The Kier molecular flexibility index (Phi) is 29.7. The number of hydrogen-bond donors (Lipinski definition) is 7. The highest BCUT2D eigenvalue weighted by Gasteiger charge is 2.40. The number of methoxy groups -OCH3 is 2. The number of aliphatic hydroxyl groups excluding tert-OH is 1. The van der Waals surface area contributed by atoms with E-state index in [0.29, 0.717) is 32.8 Å². The van der Waals surface area contributed by atoms with Gasteiger partial charge in [-0.05, 0) is 92.5 Å². The number of nitrogens with one attached hydrogen (secondary N) is 6. The number of benzene rings is 3. The van der Waals surface area contributed by atoms with Gasteiger partial charge in [0.05, 0.1) is 83.8 Å². The van der Waals surface area contributed by atoms with Gasteiger partial charge in [0.1, 0.15) is 30.0 Å². The van der Waals surface area contributed by atoms with E-state index in [1.807, 2.05) is 142 Å². The lowest BCUT2D eigenvalue weighted by molar-refractivity contribution is -0.157. The molecule has 0 fully saturated rings. The van der Waals surface area contributed by atoms with Crippen molar-refractivity contribution in [2.75, 3.05) is 67.1 Å². The summed E-state index contributed by atoms with van der Waals surface area (Å²) in [5, 5.41) is 29.2. The minimum Gasteiger partial charge on any atom is -0.458 e. The first-order valence-corrected chi connectivity index (χ1v) is 30.1. The molecule has 1 aromatic heterocycles. The van der Waals surface area contributed by atoms with Gasteiger partial charge in [-0.3, -0.25) is 35.4 Å². The molecule has 0 saturated carbocycles. The lowest BCUT2D eigenvalue weighted by Crippen LogP contribution is -2.62. The minimum atomic E-state index is -1.53. The number of ether oxygens (including phenoxy) is 7. The van der Waals surface area contributed by atoms with Gasteiger partial charge >= 0.3 is 18.2 Å². The average Bonchev–Trinajstić information content (AvgIpc) is 1.75. The van der Waals surface area contributed by atoms with Crippen molar-refractivity contribution in [1.29, 1.82) is 0 Å². The molecule has 4 aromatic rings. The van der Waals surface area contributed by atoms with Gasteiger partial charge in [-0.2, -0.15) is 0 Å². The van der Waals surface area contributed by atoms with Crippen molar-refractivity contribution in [2.45, 2.75) is 149 Å². The van der Waals surface area contributed by atoms with E-state index >= 15 is 9.59 Å². The third-order valence-corrected chi connectivity index (χ3v) is 14.2. The van der Waals surface area contributed by atoms with E-state index in [2.05, 4.69) is 37.0 Å². The van der Waals surface area contributed by atoms with Gasteiger partial charge < -0.3 is 54.2 Å². The first-order chi connectivity index (χ1) is 41.9. The molecule has 7 N–H and O–H groups in total. The van der Waals surface area contributed by atoms with Crippen LogP contribution in [0.1, 0.15) is 98.3 Å². The second-order valence-corrected chi connectivity index (χ2v) is 24.9. The smallest absolute Gasteiger partial charge is 0.408 e. The van der Waals surface area contributed by atoms with Gasteiger partial charge in [0.25, 0.3) is 5.91 Å². The van der Waals surface area contributed by atoms with E-state index in [1.54, 1.807) is 59.9 Å². The third-order valence-electron chi connectivity index (χ3n) is 14.2. The fourth-order valence-corrected chi connectivity index (χ4v) is 9.64. The predicted molar refractivity (Wildman–Crippen MR) is 337 cm³/mol. The Bertz CT molecular complexity index is 2790. The molecule has 7 unspecified atom stereocenters. The van der Waals surface area contributed by atoms with Crippen LogP contribution in [0.5, 0.6) is 0 Å². The van der Waals surface area contributed by atoms with Crippen LogP contribution in [0.25, 0.3) is 11.3 Å². The SMILES string of the molecule is COCCOCCOCCOCNC(C(=O)NC(Cc1ccccc1)C(CN(Cc1ccc(-c2ccccn2)cc1)NC(=O)C(NC(=O)OC)C(C)(C)C)OC(=O)C(Cc1ccccc1)NC(O)C(CC1=CC=CCC1)NC(=O)OC(C)(C)C)C(C)(C)C. The lowest BCUT2D eigenvalue weighted by atomic mass is 9.85. The van der Waals surface area contributed by atoms with Gasteiger partial charge in [0, 0.05) is 25.4 Å². The van der Waals surface area contributed by atoms with E-state index in [1.165, 1.54) is 7.11 Å². The summed E-state index contributed by atoms with van der Waals surface area (Å²) in [5.74, 6) is -1.85. The molecule has 0 spiro atoms. The van der Waals surface area contributed by atoms with Crippen LogP contribution in [0.15, 0.2) is 133 Å².